The number of halogens is 1. The van der Waals surface area contributed by atoms with Crippen molar-refractivity contribution >= 4 is 52.0 Å². The number of nitrogens with zero attached hydrogens (tertiary/aromatic N) is 2. The fraction of sp³-hybridized carbons (Fsp3) is 0.227. The van der Waals surface area contributed by atoms with Gasteiger partial charge in [0.15, 0.2) is 5.60 Å². The highest BCUT2D eigenvalue weighted by Gasteiger charge is 2.45. The van der Waals surface area contributed by atoms with E-state index in [9.17, 15) is 14.7 Å². The maximum atomic E-state index is 13.3. The number of carbonyl (C=O) groups is 1. The monoisotopic (exact) mass is 453 g/mol. The summed E-state index contributed by atoms with van der Waals surface area (Å²) < 4.78 is 6.75. The zero-order valence-corrected chi connectivity index (χ0v) is 17.9. The molecule has 1 aromatic carbocycles. The number of hydrogen-bond acceptors (Lipinski definition) is 7. The molecule has 0 fully saturated rings. The fourth-order valence-electron chi connectivity index (χ4n) is 4.70. The maximum Gasteiger partial charge on any atom is 0.343 e. The molecule has 0 bridgehead atoms. The minimum absolute atomic E-state index is 0.100. The van der Waals surface area contributed by atoms with Crippen molar-refractivity contribution in [3.8, 4) is 11.4 Å². The van der Waals surface area contributed by atoms with Crippen LogP contribution in [0.2, 0.25) is 5.02 Å². The van der Waals surface area contributed by atoms with Crippen LogP contribution in [0.15, 0.2) is 27.2 Å². The summed E-state index contributed by atoms with van der Waals surface area (Å²) in [7, 11) is 0. The van der Waals surface area contributed by atoms with E-state index < -0.39 is 11.6 Å². The van der Waals surface area contributed by atoms with E-state index in [1.54, 1.807) is 23.6 Å². The number of benzene rings is 1. The van der Waals surface area contributed by atoms with E-state index in [1.165, 1.54) is 11.8 Å². The second kappa shape index (κ2) is 6.12. The average molecular weight is 454 g/mol. The lowest BCUT2D eigenvalue weighted by Crippen LogP contribution is -2.44. The van der Waals surface area contributed by atoms with Crippen LogP contribution in [0, 0.1) is 0 Å². The summed E-state index contributed by atoms with van der Waals surface area (Å²) in [4.78, 5) is 31.4. The largest absolute Gasteiger partial charge is 0.458 e. The maximum absolute atomic E-state index is 13.3. The van der Waals surface area contributed by atoms with E-state index in [4.69, 9.17) is 27.1 Å². The first-order valence-corrected chi connectivity index (χ1v) is 11.1. The first-order valence-electron chi connectivity index (χ1n) is 9.80. The Balaban J connectivity index is 1.70. The van der Waals surface area contributed by atoms with Crippen LogP contribution in [0.3, 0.4) is 0 Å². The van der Waals surface area contributed by atoms with E-state index in [0.717, 1.165) is 21.4 Å². The molecule has 156 valence electrons. The molecule has 6 rings (SSSR count). The Morgan fingerprint density at radius 2 is 2.16 bits per heavy atom. The predicted octanol–water partition coefficient (Wildman–Crippen LogP) is 3.39. The van der Waals surface area contributed by atoms with Crippen LogP contribution < -0.4 is 11.3 Å². The molecule has 3 aliphatic heterocycles. The van der Waals surface area contributed by atoms with Gasteiger partial charge in [-0.15, -0.1) is 0 Å². The SMILES string of the molecule is CC[C@@]1(O)C(=O)OCc2c1cc1n(c2=O)Cc2c-1nc1cc(Cl)c(N)c3c1c2C=CS3. The third-order valence-electron chi connectivity index (χ3n) is 6.38. The van der Waals surface area contributed by atoms with Gasteiger partial charge in [-0.05, 0) is 35.6 Å². The number of aliphatic hydroxyl groups is 1. The van der Waals surface area contributed by atoms with Gasteiger partial charge in [0.25, 0.3) is 5.56 Å². The van der Waals surface area contributed by atoms with Crippen molar-refractivity contribution in [1.29, 1.82) is 0 Å². The molecule has 3 aliphatic rings. The van der Waals surface area contributed by atoms with Crippen LogP contribution in [0.5, 0.6) is 0 Å². The van der Waals surface area contributed by atoms with Gasteiger partial charge >= 0.3 is 5.97 Å². The van der Waals surface area contributed by atoms with Crippen molar-refractivity contribution in [3.63, 3.8) is 0 Å². The normalized spacial score (nSPS) is 20.4. The summed E-state index contributed by atoms with van der Waals surface area (Å²) in [5, 5.41) is 14.3. The Labute approximate surface area is 185 Å². The molecule has 0 radical (unpaired) electrons. The van der Waals surface area contributed by atoms with E-state index in [0.29, 0.717) is 45.3 Å². The molecule has 3 aromatic rings. The molecule has 1 atom stereocenters. The number of thioether (sulfide) groups is 1. The zero-order chi connectivity index (χ0) is 21.7. The number of fused-ring (bicyclic) bond motifs is 5. The lowest BCUT2D eigenvalue weighted by Gasteiger charge is -2.31. The molecule has 0 saturated heterocycles. The predicted molar refractivity (Wildman–Crippen MR) is 119 cm³/mol. The Morgan fingerprint density at radius 1 is 1.35 bits per heavy atom. The molecule has 0 unspecified atom stereocenters. The van der Waals surface area contributed by atoms with Crippen molar-refractivity contribution in [2.45, 2.75) is 37.0 Å². The first kappa shape index (κ1) is 18.9. The molecule has 0 spiro atoms. The standard InChI is InChI=1S/C22H16ClN3O4S/c1-2-22(29)12-5-15-18-10(7-26(15)20(27)11(12)8-30-21(22)28)9-3-4-31-19-16(9)14(25-18)6-13(23)17(19)24/h3-6,29H,2,7-8,24H2,1H3/t22-/m0/s1. The number of hydrogen-bond donors (Lipinski definition) is 2. The number of carbonyl (C=O) groups excluding carboxylic acids is 1. The van der Waals surface area contributed by atoms with Gasteiger partial charge in [0, 0.05) is 21.4 Å². The Kier molecular flexibility index (Phi) is 3.74. The van der Waals surface area contributed by atoms with Gasteiger partial charge in [0.2, 0.25) is 0 Å². The molecule has 7 nitrogen and oxygen atoms in total. The molecule has 0 saturated carbocycles. The summed E-state index contributed by atoms with van der Waals surface area (Å²) in [5.41, 5.74) is 8.95. The van der Waals surface area contributed by atoms with Gasteiger partial charge in [-0.1, -0.05) is 30.3 Å². The van der Waals surface area contributed by atoms with Gasteiger partial charge in [-0.3, -0.25) is 4.79 Å². The van der Waals surface area contributed by atoms with Crippen molar-refractivity contribution < 1.29 is 14.6 Å². The van der Waals surface area contributed by atoms with Crippen molar-refractivity contribution in [2.24, 2.45) is 0 Å². The molecule has 9 heteroatoms. The second-order valence-electron chi connectivity index (χ2n) is 7.87. The molecule has 3 N–H and O–H groups in total. The fourth-order valence-corrected chi connectivity index (χ4v) is 5.87. The molecule has 5 heterocycles. The highest BCUT2D eigenvalue weighted by Crippen LogP contribution is 2.47. The third-order valence-corrected chi connectivity index (χ3v) is 7.63. The lowest BCUT2D eigenvalue weighted by atomic mass is 9.86. The minimum atomic E-state index is -1.85. The van der Waals surface area contributed by atoms with Gasteiger partial charge in [-0.2, -0.15) is 0 Å². The minimum Gasteiger partial charge on any atom is -0.458 e. The van der Waals surface area contributed by atoms with Gasteiger partial charge in [0.1, 0.15) is 6.61 Å². The molecular formula is C22H16ClN3O4S. The summed E-state index contributed by atoms with van der Waals surface area (Å²) in [6.45, 7) is 1.87. The van der Waals surface area contributed by atoms with Crippen LogP contribution in [0.4, 0.5) is 5.69 Å². The molecule has 0 amide bonds. The van der Waals surface area contributed by atoms with Crippen LogP contribution in [0.1, 0.15) is 35.6 Å². The highest BCUT2D eigenvalue weighted by atomic mass is 35.5. The summed E-state index contributed by atoms with van der Waals surface area (Å²) in [6.07, 6.45) is 2.10. The summed E-state index contributed by atoms with van der Waals surface area (Å²) >= 11 is 7.84. The van der Waals surface area contributed by atoms with Crippen molar-refractivity contribution in [3.05, 3.63) is 55.2 Å². The average Bonchev–Trinajstić information content (AvgIpc) is 3.14. The number of rotatable bonds is 1. The quantitative estimate of drug-likeness (QED) is 0.336. The lowest BCUT2D eigenvalue weighted by molar-refractivity contribution is -0.172. The number of nitrogens with two attached hydrogens (primary N) is 1. The summed E-state index contributed by atoms with van der Waals surface area (Å²) in [5.74, 6) is -0.738. The smallest absolute Gasteiger partial charge is 0.343 e. The van der Waals surface area contributed by atoms with Crippen molar-refractivity contribution in [2.75, 3.05) is 5.73 Å². The summed E-state index contributed by atoms with van der Waals surface area (Å²) in [6, 6.07) is 3.44. The number of cyclic esters (lactones) is 1. The number of pyridine rings is 2. The van der Waals surface area contributed by atoms with Crippen LogP contribution in [-0.2, 0) is 28.3 Å². The number of aromatic nitrogens is 2. The van der Waals surface area contributed by atoms with Crippen LogP contribution in [0.25, 0.3) is 28.4 Å². The van der Waals surface area contributed by atoms with Gasteiger partial charge < -0.3 is 20.1 Å². The Hall–Kier alpha value is -2.81. The molecule has 31 heavy (non-hydrogen) atoms. The Bertz CT molecular complexity index is 1460. The Morgan fingerprint density at radius 3 is 2.94 bits per heavy atom. The van der Waals surface area contributed by atoms with Gasteiger partial charge in [-0.25, -0.2) is 9.78 Å². The molecule has 0 aliphatic carbocycles. The van der Waals surface area contributed by atoms with E-state index >= 15 is 0 Å². The topological polar surface area (TPSA) is 107 Å². The van der Waals surface area contributed by atoms with Crippen molar-refractivity contribution in [1.82, 2.24) is 9.55 Å². The van der Waals surface area contributed by atoms with E-state index in [1.807, 2.05) is 11.5 Å². The number of nitrogen functional groups attached to an aromatic ring is 1. The van der Waals surface area contributed by atoms with E-state index in [-0.39, 0.29) is 18.6 Å². The molecular weight excluding hydrogens is 438 g/mol. The second-order valence-corrected chi connectivity index (χ2v) is 9.19. The number of anilines is 1. The zero-order valence-electron chi connectivity index (χ0n) is 16.4. The first-order chi connectivity index (χ1) is 14.8. The molecule has 2 aromatic heterocycles. The van der Waals surface area contributed by atoms with E-state index in [2.05, 4.69) is 0 Å². The highest BCUT2D eigenvalue weighted by molar-refractivity contribution is 8.02. The third kappa shape index (κ3) is 2.27. The van der Waals surface area contributed by atoms with Crippen LogP contribution >= 0.6 is 23.4 Å². The number of esters is 1. The van der Waals surface area contributed by atoms with Crippen LogP contribution in [-0.4, -0.2) is 20.6 Å². The van der Waals surface area contributed by atoms with Gasteiger partial charge in [0.05, 0.1) is 39.7 Å². The number of ether oxygens (including phenoxy) is 1.